The third-order valence-electron chi connectivity index (χ3n) is 4.63. The van der Waals surface area contributed by atoms with Gasteiger partial charge in [0.1, 0.15) is 0 Å². The smallest absolute Gasteiger partial charge is 0.376 e. The molecule has 0 saturated carbocycles. The number of non-ortho nitro benzene ring substituents is 1. The van der Waals surface area contributed by atoms with Crippen LogP contribution in [-0.4, -0.2) is 20.8 Å². The molecular weight excluding hydrogens is 373 g/mol. The Kier molecular flexibility index (Phi) is 4.99. The molecule has 5 nitrogen and oxygen atoms in total. The number of aromatic nitrogens is 1. The van der Waals surface area contributed by atoms with Crippen molar-refractivity contribution in [1.29, 1.82) is 0 Å². The average molecular weight is 390 g/mol. The number of aliphatic hydroxyl groups is 1. The Morgan fingerprint density at radius 2 is 1.86 bits per heavy atom. The van der Waals surface area contributed by atoms with Crippen LogP contribution < -0.4 is 0 Å². The van der Waals surface area contributed by atoms with Crippen molar-refractivity contribution in [3.63, 3.8) is 0 Å². The highest BCUT2D eigenvalue weighted by atomic mass is 19.4. The standard InChI is InChI=1S/C20H17F3N2O3/c1-2-10-19(26,20(21,22)23)17-13-24(12-14-6-4-3-5-7-14)18-11-15(25(27)28)8-9-16(17)18/h2-9,11,13,26H,1,10,12H2. The largest absolute Gasteiger partial charge is 0.421 e. The zero-order valence-corrected chi connectivity index (χ0v) is 14.7. The molecule has 0 fully saturated rings. The van der Waals surface area contributed by atoms with Gasteiger partial charge in [0.2, 0.25) is 0 Å². The van der Waals surface area contributed by atoms with Gasteiger partial charge in [0, 0.05) is 42.2 Å². The summed E-state index contributed by atoms with van der Waals surface area (Å²) in [4.78, 5) is 10.5. The van der Waals surface area contributed by atoms with Gasteiger partial charge in [-0.25, -0.2) is 0 Å². The number of hydrogen-bond donors (Lipinski definition) is 1. The first-order valence-electron chi connectivity index (χ1n) is 8.39. The molecule has 1 aromatic heterocycles. The van der Waals surface area contributed by atoms with E-state index in [0.29, 0.717) is 0 Å². The molecule has 2 aromatic carbocycles. The van der Waals surface area contributed by atoms with Crippen LogP contribution in [0, 0.1) is 10.1 Å². The van der Waals surface area contributed by atoms with Crippen molar-refractivity contribution in [1.82, 2.24) is 4.57 Å². The van der Waals surface area contributed by atoms with Gasteiger partial charge < -0.3 is 9.67 Å². The molecule has 1 heterocycles. The maximum atomic E-state index is 13.7. The summed E-state index contributed by atoms with van der Waals surface area (Å²) in [5.41, 5.74) is -2.71. The summed E-state index contributed by atoms with van der Waals surface area (Å²) >= 11 is 0. The van der Waals surface area contributed by atoms with E-state index in [2.05, 4.69) is 6.58 Å². The number of nitro groups is 1. The number of hydrogen-bond acceptors (Lipinski definition) is 3. The van der Waals surface area contributed by atoms with Crippen LogP contribution in [0.25, 0.3) is 10.9 Å². The van der Waals surface area contributed by atoms with E-state index in [1.54, 1.807) is 30.3 Å². The van der Waals surface area contributed by atoms with Crippen molar-refractivity contribution >= 4 is 16.6 Å². The van der Waals surface area contributed by atoms with Crippen molar-refractivity contribution in [3.05, 3.63) is 88.6 Å². The number of rotatable bonds is 6. The summed E-state index contributed by atoms with van der Waals surface area (Å²) in [5.74, 6) is 0. The summed E-state index contributed by atoms with van der Waals surface area (Å²) in [6.07, 6.45) is -3.48. The van der Waals surface area contributed by atoms with E-state index in [9.17, 15) is 28.4 Å². The summed E-state index contributed by atoms with van der Waals surface area (Å²) in [7, 11) is 0. The topological polar surface area (TPSA) is 68.3 Å². The average Bonchev–Trinajstić information content (AvgIpc) is 3.00. The van der Waals surface area contributed by atoms with Crippen molar-refractivity contribution in [3.8, 4) is 0 Å². The second-order valence-electron chi connectivity index (χ2n) is 6.47. The number of halogens is 3. The molecule has 0 amide bonds. The predicted molar refractivity (Wildman–Crippen MR) is 98.9 cm³/mol. The van der Waals surface area contributed by atoms with Crippen LogP contribution in [0.2, 0.25) is 0 Å². The van der Waals surface area contributed by atoms with Gasteiger partial charge in [0.25, 0.3) is 5.69 Å². The molecule has 3 rings (SSSR count). The Labute approximate surface area is 158 Å². The fraction of sp³-hybridized carbons (Fsp3) is 0.200. The summed E-state index contributed by atoms with van der Waals surface area (Å²) < 4.78 is 42.7. The zero-order valence-electron chi connectivity index (χ0n) is 14.7. The van der Waals surface area contributed by atoms with Crippen LogP contribution in [0.15, 0.2) is 67.4 Å². The highest BCUT2D eigenvalue weighted by Crippen LogP contribution is 2.45. The Morgan fingerprint density at radius 3 is 2.43 bits per heavy atom. The summed E-state index contributed by atoms with van der Waals surface area (Å²) in [5, 5.41) is 21.8. The minimum Gasteiger partial charge on any atom is -0.376 e. The van der Waals surface area contributed by atoms with E-state index in [1.165, 1.54) is 22.9 Å². The van der Waals surface area contributed by atoms with Crippen molar-refractivity contribution in [2.45, 2.75) is 24.7 Å². The quantitative estimate of drug-likeness (QED) is 0.369. The molecule has 0 spiro atoms. The lowest BCUT2D eigenvalue weighted by atomic mass is 9.89. The zero-order chi connectivity index (χ0) is 20.5. The molecule has 0 aliphatic heterocycles. The second kappa shape index (κ2) is 7.12. The first-order chi connectivity index (χ1) is 13.2. The van der Waals surface area contributed by atoms with E-state index in [0.717, 1.165) is 17.7 Å². The minimum absolute atomic E-state index is 0.100. The molecule has 0 bridgehead atoms. The predicted octanol–water partition coefficient (Wildman–Crippen LogP) is 4.92. The second-order valence-corrected chi connectivity index (χ2v) is 6.47. The van der Waals surface area contributed by atoms with Gasteiger partial charge in [-0.15, -0.1) is 6.58 Å². The number of nitrogens with zero attached hydrogens (tertiary/aromatic N) is 2. The molecule has 3 aromatic rings. The van der Waals surface area contributed by atoms with Gasteiger partial charge in [-0.1, -0.05) is 36.4 Å². The Bertz CT molecular complexity index is 1030. The number of benzene rings is 2. The van der Waals surface area contributed by atoms with Crippen molar-refractivity contribution in [2.75, 3.05) is 0 Å². The summed E-state index contributed by atoms with van der Waals surface area (Å²) in [6.45, 7) is 3.52. The third kappa shape index (κ3) is 3.38. The molecule has 146 valence electrons. The molecule has 1 atom stereocenters. The fourth-order valence-corrected chi connectivity index (χ4v) is 3.22. The fourth-order valence-electron chi connectivity index (χ4n) is 3.22. The van der Waals surface area contributed by atoms with E-state index >= 15 is 0 Å². The van der Waals surface area contributed by atoms with Crippen molar-refractivity contribution < 1.29 is 23.2 Å². The van der Waals surface area contributed by atoms with E-state index in [4.69, 9.17) is 0 Å². The minimum atomic E-state index is -4.95. The molecule has 0 saturated heterocycles. The maximum absolute atomic E-state index is 13.7. The molecule has 1 N–H and O–H groups in total. The van der Waals surface area contributed by atoms with E-state index in [-0.39, 0.29) is 28.7 Å². The maximum Gasteiger partial charge on any atom is 0.421 e. The van der Waals surface area contributed by atoms with Gasteiger partial charge in [-0.2, -0.15) is 13.2 Å². The molecule has 0 radical (unpaired) electrons. The highest BCUT2D eigenvalue weighted by Gasteiger charge is 2.55. The van der Waals surface area contributed by atoms with Crippen LogP contribution in [0.1, 0.15) is 17.5 Å². The first-order valence-corrected chi connectivity index (χ1v) is 8.39. The van der Waals surface area contributed by atoms with Gasteiger partial charge in [0.15, 0.2) is 5.60 Å². The van der Waals surface area contributed by atoms with E-state index < -0.39 is 23.1 Å². The van der Waals surface area contributed by atoms with Crippen LogP contribution in [0.3, 0.4) is 0 Å². The van der Waals surface area contributed by atoms with Crippen LogP contribution in [0.4, 0.5) is 18.9 Å². The third-order valence-corrected chi connectivity index (χ3v) is 4.63. The molecule has 0 aliphatic rings. The molecule has 0 aliphatic carbocycles. The van der Waals surface area contributed by atoms with Gasteiger partial charge >= 0.3 is 6.18 Å². The molecule has 1 unspecified atom stereocenters. The highest BCUT2D eigenvalue weighted by molar-refractivity contribution is 5.87. The van der Waals surface area contributed by atoms with Crippen molar-refractivity contribution in [2.24, 2.45) is 0 Å². The van der Waals surface area contributed by atoms with Crippen LogP contribution >= 0.6 is 0 Å². The molecule has 28 heavy (non-hydrogen) atoms. The monoisotopic (exact) mass is 390 g/mol. The lowest BCUT2D eigenvalue weighted by molar-refractivity contribution is -0.384. The Morgan fingerprint density at radius 1 is 1.18 bits per heavy atom. The lowest BCUT2D eigenvalue weighted by Gasteiger charge is -2.29. The first kappa shape index (κ1) is 19.6. The van der Waals surface area contributed by atoms with E-state index in [1.807, 2.05) is 0 Å². The molecular formula is C20H17F3N2O3. The van der Waals surface area contributed by atoms with Crippen LogP contribution in [-0.2, 0) is 12.1 Å². The number of alkyl halides is 3. The SMILES string of the molecule is C=CCC(O)(c1cn(Cc2ccccc2)c2cc([N+](=O)[O-])ccc12)C(F)(F)F. The number of fused-ring (bicyclic) bond motifs is 1. The molecule has 8 heteroatoms. The van der Waals surface area contributed by atoms with Gasteiger partial charge in [-0.05, 0) is 11.6 Å². The lowest BCUT2D eigenvalue weighted by Crippen LogP contribution is -2.41. The normalized spacial score (nSPS) is 14.0. The number of nitro benzene ring substituents is 1. The Hall–Kier alpha value is -3.13. The van der Waals surface area contributed by atoms with Crippen LogP contribution in [0.5, 0.6) is 0 Å². The van der Waals surface area contributed by atoms with Gasteiger partial charge in [-0.3, -0.25) is 10.1 Å². The Balaban J connectivity index is 2.26. The summed E-state index contributed by atoms with van der Waals surface area (Å²) in [6, 6.07) is 12.5. The van der Waals surface area contributed by atoms with Gasteiger partial charge in [0.05, 0.1) is 10.4 Å².